The van der Waals surface area contributed by atoms with Gasteiger partial charge >= 0.3 is 0 Å². The van der Waals surface area contributed by atoms with Crippen molar-refractivity contribution < 1.29 is 4.39 Å². The average Bonchev–Trinajstić information content (AvgIpc) is 2.80. The summed E-state index contributed by atoms with van der Waals surface area (Å²) in [6, 6.07) is 5.38. The summed E-state index contributed by atoms with van der Waals surface area (Å²) in [6.45, 7) is 14.1. The number of rotatable bonds is 6. The monoisotopic (exact) mass is 306 g/mol. The Morgan fingerprint density at radius 3 is 2.64 bits per heavy atom. The third-order valence-electron chi connectivity index (χ3n) is 5.18. The highest BCUT2D eigenvalue weighted by Crippen LogP contribution is 2.37. The van der Waals surface area contributed by atoms with Gasteiger partial charge in [-0.1, -0.05) is 26.8 Å². The number of aryl methyl sites for hydroxylation is 1. The fourth-order valence-electron chi connectivity index (χ4n) is 3.68. The van der Waals surface area contributed by atoms with Crippen LogP contribution in [0.4, 0.5) is 4.39 Å². The molecule has 0 radical (unpaired) electrons. The van der Waals surface area contributed by atoms with E-state index in [1.54, 1.807) is 12.1 Å². The Morgan fingerprint density at radius 2 is 2.05 bits per heavy atom. The van der Waals surface area contributed by atoms with E-state index in [0.29, 0.717) is 5.92 Å². The van der Waals surface area contributed by atoms with Crippen molar-refractivity contribution in [2.75, 3.05) is 13.1 Å². The molecule has 0 aliphatic carbocycles. The number of benzene rings is 1. The SMILES string of the molecule is CCCN(Cc1cc(C)cc(F)c1)N1CCCC1(C)C(C)C. The summed E-state index contributed by atoms with van der Waals surface area (Å²) in [5, 5.41) is 5.00. The number of hydrogen-bond donors (Lipinski definition) is 0. The normalized spacial score (nSPS) is 22.9. The molecule has 2 rings (SSSR count). The topological polar surface area (TPSA) is 6.48 Å². The molecule has 0 spiro atoms. The first-order valence-corrected chi connectivity index (χ1v) is 8.65. The molecular weight excluding hydrogens is 275 g/mol. The van der Waals surface area contributed by atoms with Crippen molar-refractivity contribution in [2.24, 2.45) is 5.92 Å². The molecule has 22 heavy (non-hydrogen) atoms. The van der Waals surface area contributed by atoms with Gasteiger partial charge in [0.1, 0.15) is 5.82 Å². The Balaban J connectivity index is 2.22. The second-order valence-corrected chi connectivity index (χ2v) is 7.26. The van der Waals surface area contributed by atoms with Crippen LogP contribution in [0.3, 0.4) is 0 Å². The van der Waals surface area contributed by atoms with E-state index in [0.717, 1.165) is 37.2 Å². The zero-order valence-corrected chi connectivity index (χ0v) is 14.8. The van der Waals surface area contributed by atoms with Gasteiger partial charge in [-0.25, -0.2) is 14.4 Å². The predicted octanol–water partition coefficient (Wildman–Crippen LogP) is 4.77. The molecule has 124 valence electrons. The Kier molecular flexibility index (Phi) is 5.62. The Labute approximate surface area is 135 Å². The molecule has 1 fully saturated rings. The Hall–Kier alpha value is -0.930. The van der Waals surface area contributed by atoms with Gasteiger partial charge in [0.2, 0.25) is 0 Å². The second kappa shape index (κ2) is 7.10. The Morgan fingerprint density at radius 1 is 1.32 bits per heavy atom. The molecule has 1 aliphatic rings. The average molecular weight is 306 g/mol. The van der Waals surface area contributed by atoms with Crippen LogP contribution in [0.5, 0.6) is 0 Å². The summed E-state index contributed by atoms with van der Waals surface area (Å²) >= 11 is 0. The van der Waals surface area contributed by atoms with Gasteiger partial charge in [-0.3, -0.25) is 0 Å². The maximum atomic E-state index is 13.7. The fourth-order valence-corrected chi connectivity index (χ4v) is 3.68. The molecule has 1 atom stereocenters. The lowest BCUT2D eigenvalue weighted by Gasteiger charge is -2.45. The van der Waals surface area contributed by atoms with Crippen LogP contribution in [-0.2, 0) is 6.54 Å². The van der Waals surface area contributed by atoms with Gasteiger partial charge in [0.25, 0.3) is 0 Å². The van der Waals surface area contributed by atoms with Crippen LogP contribution in [0.25, 0.3) is 0 Å². The van der Waals surface area contributed by atoms with Crippen LogP contribution >= 0.6 is 0 Å². The molecule has 1 aliphatic heterocycles. The summed E-state index contributed by atoms with van der Waals surface area (Å²) in [4.78, 5) is 0. The molecule has 1 unspecified atom stereocenters. The first-order valence-electron chi connectivity index (χ1n) is 8.65. The van der Waals surface area contributed by atoms with E-state index >= 15 is 0 Å². The third-order valence-corrected chi connectivity index (χ3v) is 5.18. The molecule has 2 nitrogen and oxygen atoms in total. The lowest BCUT2D eigenvalue weighted by atomic mass is 9.86. The molecule has 1 aromatic carbocycles. The van der Waals surface area contributed by atoms with Crippen molar-refractivity contribution in [1.29, 1.82) is 0 Å². The van der Waals surface area contributed by atoms with Crippen molar-refractivity contribution in [3.8, 4) is 0 Å². The molecule has 0 N–H and O–H groups in total. The molecule has 3 heteroatoms. The number of hydrazine groups is 1. The minimum Gasteiger partial charge on any atom is -0.237 e. The quantitative estimate of drug-likeness (QED) is 0.747. The van der Waals surface area contributed by atoms with Gasteiger partial charge in [-0.05, 0) is 62.3 Å². The maximum Gasteiger partial charge on any atom is 0.123 e. The number of halogens is 1. The van der Waals surface area contributed by atoms with Crippen LogP contribution < -0.4 is 0 Å². The largest absolute Gasteiger partial charge is 0.237 e. The van der Waals surface area contributed by atoms with Crippen LogP contribution in [0, 0.1) is 18.7 Å². The summed E-state index contributed by atoms with van der Waals surface area (Å²) < 4.78 is 13.7. The van der Waals surface area contributed by atoms with Crippen molar-refractivity contribution in [3.63, 3.8) is 0 Å². The standard InChI is InChI=1S/C19H31FN2/c1-6-9-21(14-17-11-16(4)12-18(20)13-17)22-10-7-8-19(22,5)15(2)3/h11-13,15H,6-10,14H2,1-5H3. The molecular formula is C19H31FN2. The highest BCUT2D eigenvalue weighted by atomic mass is 19.1. The van der Waals surface area contributed by atoms with E-state index < -0.39 is 0 Å². The summed E-state index contributed by atoms with van der Waals surface area (Å²) in [5.74, 6) is 0.489. The zero-order chi connectivity index (χ0) is 16.3. The van der Waals surface area contributed by atoms with Gasteiger partial charge in [-0.15, -0.1) is 0 Å². The molecule has 1 aromatic rings. The third kappa shape index (κ3) is 3.69. The van der Waals surface area contributed by atoms with Gasteiger partial charge in [0.05, 0.1) is 0 Å². The minimum atomic E-state index is -0.125. The lowest BCUT2D eigenvalue weighted by molar-refractivity contribution is -0.101. The summed E-state index contributed by atoms with van der Waals surface area (Å²) in [6.07, 6.45) is 3.60. The van der Waals surface area contributed by atoms with E-state index in [4.69, 9.17) is 0 Å². The van der Waals surface area contributed by atoms with Gasteiger partial charge in [0.15, 0.2) is 0 Å². The van der Waals surface area contributed by atoms with Gasteiger partial charge < -0.3 is 0 Å². The van der Waals surface area contributed by atoms with E-state index in [-0.39, 0.29) is 11.4 Å². The zero-order valence-electron chi connectivity index (χ0n) is 14.8. The minimum absolute atomic E-state index is 0.125. The summed E-state index contributed by atoms with van der Waals surface area (Å²) in [7, 11) is 0. The number of nitrogens with zero attached hydrogens (tertiary/aromatic N) is 2. The summed E-state index contributed by atoms with van der Waals surface area (Å²) in [5.41, 5.74) is 2.29. The van der Waals surface area contributed by atoms with E-state index in [9.17, 15) is 4.39 Å². The smallest absolute Gasteiger partial charge is 0.123 e. The van der Waals surface area contributed by atoms with Crippen LogP contribution in [0.2, 0.25) is 0 Å². The Bertz CT molecular complexity index is 480. The molecule has 1 heterocycles. The highest BCUT2D eigenvalue weighted by Gasteiger charge is 2.41. The van der Waals surface area contributed by atoms with E-state index in [1.165, 1.54) is 12.8 Å². The molecule has 0 bridgehead atoms. The maximum absolute atomic E-state index is 13.7. The van der Waals surface area contributed by atoms with Gasteiger partial charge in [0, 0.05) is 25.2 Å². The lowest BCUT2D eigenvalue weighted by Crippen LogP contribution is -2.54. The molecule has 0 amide bonds. The van der Waals surface area contributed by atoms with Gasteiger partial charge in [-0.2, -0.15) is 0 Å². The fraction of sp³-hybridized carbons (Fsp3) is 0.684. The van der Waals surface area contributed by atoms with Crippen molar-refractivity contribution in [1.82, 2.24) is 10.0 Å². The van der Waals surface area contributed by atoms with Crippen molar-refractivity contribution in [3.05, 3.63) is 35.1 Å². The predicted molar refractivity (Wildman–Crippen MR) is 91.0 cm³/mol. The van der Waals surface area contributed by atoms with E-state index in [2.05, 4.69) is 43.8 Å². The molecule has 1 saturated heterocycles. The number of hydrogen-bond acceptors (Lipinski definition) is 2. The van der Waals surface area contributed by atoms with Crippen LogP contribution in [0.1, 0.15) is 58.1 Å². The second-order valence-electron chi connectivity index (χ2n) is 7.26. The van der Waals surface area contributed by atoms with Crippen molar-refractivity contribution >= 4 is 0 Å². The van der Waals surface area contributed by atoms with Crippen LogP contribution in [-0.4, -0.2) is 28.6 Å². The highest BCUT2D eigenvalue weighted by molar-refractivity contribution is 5.23. The molecule has 0 saturated carbocycles. The molecule has 0 aromatic heterocycles. The first kappa shape index (κ1) is 17.4. The van der Waals surface area contributed by atoms with E-state index in [1.807, 2.05) is 6.92 Å². The first-order chi connectivity index (χ1) is 10.4. The van der Waals surface area contributed by atoms with Crippen molar-refractivity contribution in [2.45, 2.75) is 66.0 Å². The van der Waals surface area contributed by atoms with Crippen LogP contribution in [0.15, 0.2) is 18.2 Å².